The van der Waals surface area contributed by atoms with Crippen LogP contribution in [0.4, 0.5) is 0 Å². The Kier molecular flexibility index (Phi) is 6.09. The monoisotopic (exact) mass is 415 g/mol. The zero-order valence-electron chi connectivity index (χ0n) is 11.2. The van der Waals surface area contributed by atoms with Crippen molar-refractivity contribution in [1.29, 1.82) is 0 Å². The fourth-order valence-electron chi connectivity index (χ4n) is 2.15. The van der Waals surface area contributed by atoms with Gasteiger partial charge in [0.1, 0.15) is 0 Å². The van der Waals surface area contributed by atoms with Crippen LogP contribution < -0.4 is 5.32 Å². The van der Waals surface area contributed by atoms with Crippen LogP contribution in [0.5, 0.6) is 0 Å². The first-order chi connectivity index (χ1) is 9.61. The van der Waals surface area contributed by atoms with E-state index in [1.165, 1.54) is 5.56 Å². The van der Waals surface area contributed by atoms with Gasteiger partial charge in [-0.1, -0.05) is 68.6 Å². The Hall–Kier alpha value is -0.350. The molecule has 0 amide bonds. The van der Waals surface area contributed by atoms with Gasteiger partial charge in [0, 0.05) is 14.0 Å². The number of benzene rings is 2. The van der Waals surface area contributed by atoms with Gasteiger partial charge in [-0.25, -0.2) is 0 Å². The topological polar surface area (TPSA) is 12.0 Å². The van der Waals surface area contributed by atoms with E-state index in [9.17, 15) is 0 Å². The molecule has 0 saturated carbocycles. The highest BCUT2D eigenvalue weighted by atomic mass is 79.9. The second-order valence-corrected chi connectivity index (χ2v) is 6.85. The summed E-state index contributed by atoms with van der Waals surface area (Å²) in [4.78, 5) is 0. The average Bonchev–Trinajstić information content (AvgIpc) is 2.40. The van der Waals surface area contributed by atoms with Gasteiger partial charge < -0.3 is 5.32 Å². The minimum atomic E-state index is 0.0949. The summed E-state index contributed by atoms with van der Waals surface area (Å²) in [5.74, 6) is 0. The Morgan fingerprint density at radius 2 is 1.75 bits per heavy atom. The van der Waals surface area contributed by atoms with Gasteiger partial charge in [-0.15, -0.1) is 0 Å². The maximum absolute atomic E-state index is 6.36. The molecular weight excluding hydrogens is 401 g/mol. The minimum Gasteiger partial charge on any atom is -0.306 e. The van der Waals surface area contributed by atoms with Crippen LogP contribution in [0, 0.1) is 0 Å². The second-order valence-electron chi connectivity index (χ2n) is 4.61. The van der Waals surface area contributed by atoms with Crippen LogP contribution in [-0.2, 0) is 0 Å². The summed E-state index contributed by atoms with van der Waals surface area (Å²) in [6.07, 6.45) is 1.08. The fraction of sp³-hybridized carbons (Fsp3) is 0.250. The van der Waals surface area contributed by atoms with E-state index in [0.29, 0.717) is 0 Å². The lowest BCUT2D eigenvalue weighted by Crippen LogP contribution is -2.23. The van der Waals surface area contributed by atoms with Crippen molar-refractivity contribution < 1.29 is 0 Å². The van der Waals surface area contributed by atoms with E-state index in [1.807, 2.05) is 24.3 Å². The van der Waals surface area contributed by atoms with Crippen molar-refractivity contribution in [1.82, 2.24) is 5.32 Å². The van der Waals surface area contributed by atoms with Crippen LogP contribution in [0.1, 0.15) is 30.5 Å². The number of halogens is 3. The summed E-state index contributed by atoms with van der Waals surface area (Å²) in [5, 5.41) is 4.36. The first kappa shape index (κ1) is 16.0. The Morgan fingerprint density at radius 1 is 1.10 bits per heavy atom. The molecule has 0 saturated heterocycles. The fourth-order valence-corrected chi connectivity index (χ4v) is 3.72. The van der Waals surface area contributed by atoms with E-state index in [2.05, 4.69) is 62.3 Å². The number of hydrogen-bond acceptors (Lipinski definition) is 1. The SMILES string of the molecule is CCCNC(c1cc(Br)cc(Br)c1)c1ccccc1Cl. The van der Waals surface area contributed by atoms with Crippen molar-refractivity contribution in [2.24, 2.45) is 0 Å². The Morgan fingerprint density at radius 3 is 2.35 bits per heavy atom. The summed E-state index contributed by atoms with van der Waals surface area (Å²) in [7, 11) is 0. The number of rotatable bonds is 5. The molecule has 0 heterocycles. The molecule has 0 bridgehead atoms. The number of nitrogens with one attached hydrogen (secondary N) is 1. The number of hydrogen-bond donors (Lipinski definition) is 1. The molecule has 1 atom stereocenters. The highest BCUT2D eigenvalue weighted by Gasteiger charge is 2.16. The molecule has 2 aromatic carbocycles. The normalized spacial score (nSPS) is 12.4. The van der Waals surface area contributed by atoms with Gasteiger partial charge in [0.15, 0.2) is 0 Å². The highest BCUT2D eigenvalue weighted by molar-refractivity contribution is 9.11. The average molecular weight is 418 g/mol. The lowest BCUT2D eigenvalue weighted by molar-refractivity contribution is 0.598. The highest BCUT2D eigenvalue weighted by Crippen LogP contribution is 2.31. The van der Waals surface area contributed by atoms with E-state index in [0.717, 1.165) is 32.5 Å². The van der Waals surface area contributed by atoms with Crippen LogP contribution in [0.15, 0.2) is 51.4 Å². The van der Waals surface area contributed by atoms with Gasteiger partial charge in [0.25, 0.3) is 0 Å². The van der Waals surface area contributed by atoms with Crippen molar-refractivity contribution >= 4 is 43.5 Å². The third-order valence-electron chi connectivity index (χ3n) is 3.03. The molecular formula is C16H16Br2ClN. The minimum absolute atomic E-state index is 0.0949. The van der Waals surface area contributed by atoms with Gasteiger partial charge in [0.2, 0.25) is 0 Å². The van der Waals surface area contributed by atoms with Crippen LogP contribution in [0.3, 0.4) is 0 Å². The van der Waals surface area contributed by atoms with Crippen molar-refractivity contribution in [2.45, 2.75) is 19.4 Å². The molecule has 106 valence electrons. The lowest BCUT2D eigenvalue weighted by atomic mass is 9.98. The summed E-state index contributed by atoms with van der Waals surface area (Å²) < 4.78 is 2.11. The molecule has 1 nitrogen and oxygen atoms in total. The van der Waals surface area contributed by atoms with Crippen LogP contribution in [0.25, 0.3) is 0 Å². The Bertz CT molecular complexity index is 566. The molecule has 1 unspecified atom stereocenters. The standard InChI is InChI=1S/C16H16Br2ClN/c1-2-7-20-16(14-5-3-4-6-15(14)19)11-8-12(17)10-13(18)9-11/h3-6,8-10,16,20H,2,7H2,1H3. The first-order valence-electron chi connectivity index (χ1n) is 6.55. The van der Waals surface area contributed by atoms with Gasteiger partial charge >= 0.3 is 0 Å². The van der Waals surface area contributed by atoms with Crippen molar-refractivity contribution in [2.75, 3.05) is 6.54 Å². The first-order valence-corrected chi connectivity index (χ1v) is 8.52. The largest absolute Gasteiger partial charge is 0.306 e. The maximum atomic E-state index is 6.36. The molecule has 0 aliphatic carbocycles. The van der Waals surface area contributed by atoms with Gasteiger partial charge in [-0.2, -0.15) is 0 Å². The van der Waals surface area contributed by atoms with Crippen LogP contribution >= 0.6 is 43.5 Å². The molecule has 1 N–H and O–H groups in total. The smallest absolute Gasteiger partial charge is 0.0592 e. The summed E-state index contributed by atoms with van der Waals surface area (Å²) in [6, 6.07) is 14.4. The zero-order chi connectivity index (χ0) is 14.5. The molecule has 0 radical (unpaired) electrons. The Balaban J connectivity index is 2.44. The predicted molar refractivity (Wildman–Crippen MR) is 93.4 cm³/mol. The molecule has 0 aliphatic heterocycles. The molecule has 0 fully saturated rings. The lowest BCUT2D eigenvalue weighted by Gasteiger charge is -2.21. The second kappa shape index (κ2) is 7.60. The van der Waals surface area contributed by atoms with E-state index in [4.69, 9.17) is 11.6 Å². The third-order valence-corrected chi connectivity index (χ3v) is 4.29. The van der Waals surface area contributed by atoms with Crippen LogP contribution in [0.2, 0.25) is 5.02 Å². The molecule has 0 aliphatic rings. The zero-order valence-corrected chi connectivity index (χ0v) is 15.1. The van der Waals surface area contributed by atoms with Crippen molar-refractivity contribution in [3.05, 3.63) is 67.6 Å². The Labute approximate surface area is 142 Å². The summed E-state index contributed by atoms with van der Waals surface area (Å²) in [6.45, 7) is 3.10. The van der Waals surface area contributed by atoms with Gasteiger partial charge in [-0.3, -0.25) is 0 Å². The van der Waals surface area contributed by atoms with E-state index < -0.39 is 0 Å². The van der Waals surface area contributed by atoms with E-state index in [-0.39, 0.29) is 6.04 Å². The quantitative estimate of drug-likeness (QED) is 0.633. The molecule has 2 aromatic rings. The summed E-state index contributed by atoms with van der Waals surface area (Å²) >= 11 is 13.5. The van der Waals surface area contributed by atoms with Gasteiger partial charge in [-0.05, 0) is 48.4 Å². The van der Waals surface area contributed by atoms with Crippen molar-refractivity contribution in [3.63, 3.8) is 0 Å². The summed E-state index contributed by atoms with van der Waals surface area (Å²) in [5.41, 5.74) is 2.29. The van der Waals surface area contributed by atoms with Crippen molar-refractivity contribution in [3.8, 4) is 0 Å². The molecule has 4 heteroatoms. The third kappa shape index (κ3) is 4.08. The molecule has 0 aromatic heterocycles. The van der Waals surface area contributed by atoms with E-state index >= 15 is 0 Å². The van der Waals surface area contributed by atoms with Gasteiger partial charge in [0.05, 0.1) is 6.04 Å². The maximum Gasteiger partial charge on any atom is 0.0592 e. The van der Waals surface area contributed by atoms with Crippen LogP contribution in [-0.4, -0.2) is 6.54 Å². The molecule has 0 spiro atoms. The molecule has 2 rings (SSSR count). The predicted octanol–water partition coefficient (Wildman–Crippen LogP) is 5.95. The van der Waals surface area contributed by atoms with E-state index in [1.54, 1.807) is 0 Å². The molecule has 20 heavy (non-hydrogen) atoms.